The zero-order valence-electron chi connectivity index (χ0n) is 24.1. The molecule has 0 aromatic rings. The average Bonchev–Trinajstić information content (AvgIpc) is 2.79. The molecule has 0 saturated heterocycles. The Kier molecular flexibility index (Phi) is 24.5. The summed E-state index contributed by atoms with van der Waals surface area (Å²) in [6.45, 7) is 9.33. The van der Waals surface area contributed by atoms with Crippen molar-refractivity contribution in [3.05, 3.63) is 0 Å². The molecule has 0 aliphatic carbocycles. The monoisotopic (exact) mass is 502 g/mol. The number of hydrogen-bond donors (Lipinski definition) is 0. The van der Waals surface area contributed by atoms with Gasteiger partial charge >= 0.3 is 5.97 Å². The van der Waals surface area contributed by atoms with Crippen molar-refractivity contribution >= 4 is 5.97 Å². The summed E-state index contributed by atoms with van der Waals surface area (Å²) in [5.74, 6) is 0.750. The van der Waals surface area contributed by atoms with Crippen LogP contribution in [0, 0.1) is 5.92 Å². The van der Waals surface area contributed by atoms with E-state index in [0.717, 1.165) is 36.4 Å². The molecule has 210 valence electrons. The molecule has 0 aliphatic rings. The molecule has 0 saturated carbocycles. The van der Waals surface area contributed by atoms with Crippen LogP contribution in [0.4, 0.5) is 0 Å². The third kappa shape index (κ3) is 31.3. The van der Waals surface area contributed by atoms with Gasteiger partial charge in [0, 0.05) is 6.42 Å². The van der Waals surface area contributed by atoms with Gasteiger partial charge in [0.25, 0.3) is 0 Å². The Labute approximate surface area is 218 Å². The molecule has 0 radical (unpaired) electrons. The van der Waals surface area contributed by atoms with Gasteiger partial charge in [-0.15, -0.1) is 0 Å². The number of carbonyl (C=O) groups is 1. The second-order valence-electron chi connectivity index (χ2n) is 11.2. The van der Waals surface area contributed by atoms with Gasteiger partial charge in [-0.2, -0.15) is 0 Å². The summed E-state index contributed by atoms with van der Waals surface area (Å²) in [6.07, 6.45) is 17.6. The van der Waals surface area contributed by atoms with Crippen molar-refractivity contribution in [3.63, 3.8) is 0 Å². The second kappa shape index (κ2) is 25.0. The number of nitrogens with zero attached hydrogens (tertiary/aromatic N) is 1. The van der Waals surface area contributed by atoms with Gasteiger partial charge in [-0.1, -0.05) is 90.9 Å². The van der Waals surface area contributed by atoms with Crippen LogP contribution >= 0.6 is 0 Å². The third-order valence-corrected chi connectivity index (χ3v) is 6.05. The maximum atomic E-state index is 11.8. The highest BCUT2D eigenvalue weighted by Gasteiger charge is 2.05. The van der Waals surface area contributed by atoms with E-state index < -0.39 is 0 Å². The Bertz CT molecular complexity index is 451. The molecule has 6 nitrogen and oxygen atoms in total. The van der Waals surface area contributed by atoms with Crippen LogP contribution in [0.5, 0.6) is 0 Å². The number of ether oxygens (including phenoxy) is 4. The van der Waals surface area contributed by atoms with E-state index in [0.29, 0.717) is 46.1 Å². The molecule has 0 amide bonds. The molecule has 0 aromatic heterocycles. The maximum absolute atomic E-state index is 11.8. The largest absolute Gasteiger partial charge is 0.463 e. The molecule has 0 aliphatic heterocycles. The fourth-order valence-electron chi connectivity index (χ4n) is 3.76. The van der Waals surface area contributed by atoms with E-state index in [1.54, 1.807) is 0 Å². The number of quaternary nitrogens is 1. The van der Waals surface area contributed by atoms with E-state index in [4.69, 9.17) is 18.9 Å². The number of rotatable bonds is 27. The summed E-state index contributed by atoms with van der Waals surface area (Å²) in [7, 11) is 6.44. The number of hydrogen-bond acceptors (Lipinski definition) is 5. The van der Waals surface area contributed by atoms with E-state index in [-0.39, 0.29) is 5.97 Å². The van der Waals surface area contributed by atoms with Gasteiger partial charge in [0.05, 0.1) is 60.8 Å². The Balaban J connectivity index is 3.19. The molecule has 0 fully saturated rings. The van der Waals surface area contributed by atoms with Crippen LogP contribution < -0.4 is 0 Å². The van der Waals surface area contributed by atoms with Crippen LogP contribution in [0.15, 0.2) is 0 Å². The summed E-state index contributed by atoms with van der Waals surface area (Å²) < 4.78 is 22.6. The van der Waals surface area contributed by atoms with E-state index in [2.05, 4.69) is 35.0 Å². The molecule has 35 heavy (non-hydrogen) atoms. The highest BCUT2D eigenvalue weighted by atomic mass is 16.6. The number of likely N-dealkylation sites (N-methyl/N-ethyl adjacent to an activating group) is 1. The lowest BCUT2D eigenvalue weighted by Gasteiger charge is -2.23. The van der Waals surface area contributed by atoms with Gasteiger partial charge < -0.3 is 23.4 Å². The Hall–Kier alpha value is -0.690. The Morgan fingerprint density at radius 2 is 0.971 bits per heavy atom. The fraction of sp³-hybridized carbons (Fsp3) is 0.966. The highest BCUT2D eigenvalue weighted by molar-refractivity contribution is 5.69. The van der Waals surface area contributed by atoms with Gasteiger partial charge in [0.1, 0.15) is 13.2 Å². The summed E-state index contributed by atoms with van der Waals surface area (Å²) in [6, 6.07) is 0. The van der Waals surface area contributed by atoms with Crippen LogP contribution in [0.25, 0.3) is 0 Å². The average molecular weight is 503 g/mol. The van der Waals surface area contributed by atoms with Crippen molar-refractivity contribution in [2.24, 2.45) is 5.92 Å². The maximum Gasteiger partial charge on any atom is 0.305 e. The van der Waals surface area contributed by atoms with Gasteiger partial charge in [0.2, 0.25) is 0 Å². The first kappa shape index (κ1) is 34.3. The second-order valence-corrected chi connectivity index (χ2v) is 11.2. The molecular weight excluding hydrogens is 442 g/mol. The van der Waals surface area contributed by atoms with E-state index in [1.807, 2.05) is 0 Å². The summed E-state index contributed by atoms with van der Waals surface area (Å²) >= 11 is 0. The molecule has 0 unspecified atom stereocenters. The summed E-state index contributed by atoms with van der Waals surface area (Å²) in [5.41, 5.74) is 0. The quantitative estimate of drug-likeness (QED) is 0.0739. The smallest absolute Gasteiger partial charge is 0.305 e. The first-order chi connectivity index (χ1) is 16.8. The van der Waals surface area contributed by atoms with Gasteiger partial charge in [-0.25, -0.2) is 0 Å². The summed E-state index contributed by atoms with van der Waals surface area (Å²) in [4.78, 5) is 11.8. The molecule has 0 atom stereocenters. The predicted octanol–water partition coefficient (Wildman–Crippen LogP) is 6.40. The zero-order valence-corrected chi connectivity index (χ0v) is 24.1. The molecule has 0 heterocycles. The minimum absolute atomic E-state index is 0.107. The van der Waals surface area contributed by atoms with Crippen LogP contribution in [-0.2, 0) is 23.7 Å². The fourth-order valence-corrected chi connectivity index (χ4v) is 3.76. The van der Waals surface area contributed by atoms with Crippen LogP contribution in [0.1, 0.15) is 104 Å². The highest BCUT2D eigenvalue weighted by Crippen LogP contribution is 2.14. The number of unbranched alkanes of at least 4 members (excludes halogenated alkanes) is 11. The van der Waals surface area contributed by atoms with Crippen molar-refractivity contribution in [2.45, 2.75) is 104 Å². The topological polar surface area (TPSA) is 54.0 Å². The number of carbonyl (C=O) groups excluding carboxylic acids is 1. The molecule has 0 aromatic carbocycles. The first-order valence-corrected chi connectivity index (χ1v) is 14.5. The minimum atomic E-state index is -0.107. The molecule has 0 bridgehead atoms. The van der Waals surface area contributed by atoms with Gasteiger partial charge in [-0.05, 0) is 12.3 Å². The molecule has 6 heteroatoms. The standard InChI is InChI=1S/C29H60NO5/c1-28(2)18-16-14-12-10-8-6-7-9-11-13-15-17-19-29(31)35-27-26-34-25-24-33-23-22-32-21-20-30(3,4)5/h28H,6-27H2,1-5H3/q+1. The predicted molar refractivity (Wildman–Crippen MR) is 146 cm³/mol. The van der Waals surface area contributed by atoms with Crippen LogP contribution in [0.3, 0.4) is 0 Å². The van der Waals surface area contributed by atoms with Crippen molar-refractivity contribution in [1.29, 1.82) is 0 Å². The SMILES string of the molecule is CC(C)CCCCCCCCCCCCCCC(=O)OCCOCCOCCOCC[N+](C)(C)C. The van der Waals surface area contributed by atoms with Gasteiger partial charge in [-0.3, -0.25) is 4.79 Å². The normalized spacial score (nSPS) is 11.9. The van der Waals surface area contributed by atoms with Crippen molar-refractivity contribution in [3.8, 4) is 0 Å². The van der Waals surface area contributed by atoms with E-state index >= 15 is 0 Å². The molecular formula is C29H60NO5+. The van der Waals surface area contributed by atoms with Crippen molar-refractivity contribution in [1.82, 2.24) is 0 Å². The van der Waals surface area contributed by atoms with Gasteiger partial charge in [0.15, 0.2) is 0 Å². The van der Waals surface area contributed by atoms with Crippen LogP contribution in [0.2, 0.25) is 0 Å². The minimum Gasteiger partial charge on any atom is -0.463 e. The first-order valence-electron chi connectivity index (χ1n) is 14.5. The third-order valence-electron chi connectivity index (χ3n) is 6.05. The lowest BCUT2D eigenvalue weighted by molar-refractivity contribution is -0.870. The van der Waals surface area contributed by atoms with Crippen molar-refractivity contribution in [2.75, 3.05) is 73.9 Å². The molecule has 0 rings (SSSR count). The molecule has 0 N–H and O–H groups in total. The zero-order chi connectivity index (χ0) is 26.0. The number of esters is 1. The van der Waals surface area contributed by atoms with E-state index in [1.165, 1.54) is 70.6 Å². The molecule has 0 spiro atoms. The van der Waals surface area contributed by atoms with Crippen LogP contribution in [-0.4, -0.2) is 84.4 Å². The van der Waals surface area contributed by atoms with E-state index in [9.17, 15) is 4.79 Å². The lowest BCUT2D eigenvalue weighted by Crippen LogP contribution is -2.37. The Morgan fingerprint density at radius 1 is 0.571 bits per heavy atom. The summed E-state index contributed by atoms with van der Waals surface area (Å²) in [5, 5.41) is 0. The lowest BCUT2D eigenvalue weighted by atomic mass is 10.0. The van der Waals surface area contributed by atoms with Crippen molar-refractivity contribution < 1.29 is 28.2 Å². The Morgan fingerprint density at radius 3 is 1.43 bits per heavy atom.